The first-order chi connectivity index (χ1) is 30.4. The third-order valence-electron chi connectivity index (χ3n) is 9.92. The third kappa shape index (κ3) is 15.8. The zero-order valence-electron chi connectivity index (χ0n) is 34.9. The number of phenols is 1. The van der Waals surface area contributed by atoms with Crippen molar-refractivity contribution in [3.63, 3.8) is 0 Å². The number of aromatic hydroxyl groups is 1. The number of aromatic amines is 1. The average molecular weight is 904 g/mol. The number of guanidine groups is 1. The van der Waals surface area contributed by atoms with E-state index in [2.05, 4.69) is 46.9 Å². The number of carboxylic acids is 1. The van der Waals surface area contributed by atoms with Crippen LogP contribution in [0.25, 0.3) is 0 Å². The van der Waals surface area contributed by atoms with Gasteiger partial charge in [0.15, 0.2) is 5.96 Å². The Morgan fingerprint density at radius 2 is 1.38 bits per heavy atom. The lowest BCUT2D eigenvalue weighted by Gasteiger charge is -2.30. The lowest BCUT2D eigenvalue weighted by molar-refractivity contribution is -0.145. The molecule has 1 aliphatic rings. The standard InChI is InChI=1S/C38H57N13O13/c1-19(45-33(59)26(15-52)49-31(57)23(39)12-20-6-8-22(55)9-7-20)30(56)48-27(16-53)34(60)47-25(13-21-14-42-18-44-21)32(58)46-24(4-2-10-43-38(40)41)36(62)51-11-3-5-29(51)35(61)50-28(17-54)37(63)64/h6-9,14,18-19,23-29,52-55H,2-5,10-13,15-17,39H2,1H3,(H,42,44)(H,45,59)(H,46,58)(H,47,60)(H,48,56)(H,49,57)(H,50,61)(H,63,64)(H4,40,41,43)/t19-,23-,24-,25-,26-,27-,28-,29-/m0/s1. The fourth-order valence-electron chi connectivity index (χ4n) is 6.41. The molecule has 1 saturated heterocycles. The number of likely N-dealkylation sites (tertiary alicyclic amines) is 1. The predicted octanol–water partition coefficient (Wildman–Crippen LogP) is -6.74. The first-order valence-electron chi connectivity index (χ1n) is 20.1. The van der Waals surface area contributed by atoms with E-state index in [4.69, 9.17) is 17.2 Å². The summed E-state index contributed by atoms with van der Waals surface area (Å²) in [6, 6.07) is -5.51. The van der Waals surface area contributed by atoms with Crippen molar-refractivity contribution in [1.82, 2.24) is 46.8 Å². The molecule has 0 aliphatic carbocycles. The highest BCUT2D eigenvalue weighted by Gasteiger charge is 2.40. The van der Waals surface area contributed by atoms with E-state index < -0.39 is 115 Å². The minimum absolute atomic E-state index is 0.00698. The molecule has 0 bridgehead atoms. The molecular weight excluding hydrogens is 846 g/mol. The number of carboxylic acid groups (broad SMARTS) is 1. The van der Waals surface area contributed by atoms with Crippen molar-refractivity contribution in [3.05, 3.63) is 48.0 Å². The second-order valence-corrected chi connectivity index (χ2v) is 14.8. The summed E-state index contributed by atoms with van der Waals surface area (Å²) in [6.07, 6.45) is 3.02. The summed E-state index contributed by atoms with van der Waals surface area (Å²) in [5.41, 5.74) is 17.8. The Labute approximate surface area is 366 Å². The normalized spacial score (nSPS) is 16.6. The maximum absolute atomic E-state index is 14.0. The molecule has 352 valence electrons. The number of phenolic OH excluding ortho intramolecular Hbond substituents is 1. The molecule has 8 atom stereocenters. The molecule has 1 aromatic carbocycles. The van der Waals surface area contributed by atoms with Gasteiger partial charge in [0.2, 0.25) is 41.4 Å². The number of aliphatic imine (C=N–C) groups is 1. The molecule has 1 aliphatic heterocycles. The molecule has 1 aromatic heterocycles. The van der Waals surface area contributed by atoms with Crippen LogP contribution in [0.1, 0.15) is 43.9 Å². The van der Waals surface area contributed by atoms with Crippen LogP contribution < -0.4 is 49.1 Å². The van der Waals surface area contributed by atoms with Gasteiger partial charge in [-0.25, -0.2) is 9.78 Å². The smallest absolute Gasteiger partial charge is 0.328 e. The Hall–Kier alpha value is -6.90. The van der Waals surface area contributed by atoms with Crippen molar-refractivity contribution >= 4 is 53.3 Å². The van der Waals surface area contributed by atoms with Crippen LogP contribution in [-0.2, 0) is 51.2 Å². The summed E-state index contributed by atoms with van der Waals surface area (Å²) in [4.78, 5) is 117. The Kier molecular flexibility index (Phi) is 20.3. The fourth-order valence-corrected chi connectivity index (χ4v) is 6.41. The maximum atomic E-state index is 14.0. The molecule has 26 heteroatoms. The van der Waals surface area contributed by atoms with E-state index >= 15 is 0 Å². The number of carbonyl (C=O) groups excluding carboxylic acids is 7. The average Bonchev–Trinajstić information content (AvgIpc) is 3.97. The second-order valence-electron chi connectivity index (χ2n) is 14.8. The van der Waals surface area contributed by atoms with E-state index in [1.165, 1.54) is 36.5 Å². The van der Waals surface area contributed by atoms with Crippen molar-refractivity contribution in [2.24, 2.45) is 22.2 Å². The number of nitrogens with two attached hydrogens (primary N) is 3. The predicted molar refractivity (Wildman–Crippen MR) is 223 cm³/mol. The van der Waals surface area contributed by atoms with Crippen LogP contribution in [0, 0.1) is 0 Å². The number of aliphatic hydroxyl groups excluding tert-OH is 3. The van der Waals surface area contributed by atoms with Crippen LogP contribution in [0.2, 0.25) is 0 Å². The summed E-state index contributed by atoms with van der Waals surface area (Å²) >= 11 is 0. The number of imidazole rings is 1. The Bertz CT molecular complexity index is 1950. The van der Waals surface area contributed by atoms with Crippen LogP contribution in [0.15, 0.2) is 41.8 Å². The van der Waals surface area contributed by atoms with Gasteiger partial charge in [0, 0.05) is 31.4 Å². The topological polar surface area (TPSA) is 432 Å². The highest BCUT2D eigenvalue weighted by Crippen LogP contribution is 2.20. The number of hydrogen-bond donors (Lipinski definition) is 15. The number of H-pyrrole nitrogens is 1. The number of hydrogen-bond acceptors (Lipinski definition) is 15. The second kappa shape index (κ2) is 25.3. The number of nitrogens with zero attached hydrogens (tertiary/aromatic N) is 3. The van der Waals surface area contributed by atoms with E-state index in [0.29, 0.717) is 17.7 Å². The Balaban J connectivity index is 1.72. The van der Waals surface area contributed by atoms with Gasteiger partial charge in [0.05, 0.1) is 32.2 Å². The van der Waals surface area contributed by atoms with E-state index in [1.54, 1.807) is 12.1 Å². The molecule has 26 nitrogen and oxygen atoms in total. The molecule has 0 spiro atoms. The quantitative estimate of drug-likeness (QED) is 0.0250. The van der Waals surface area contributed by atoms with Gasteiger partial charge in [0.25, 0.3) is 0 Å². The third-order valence-corrected chi connectivity index (χ3v) is 9.92. The number of aromatic nitrogens is 2. The summed E-state index contributed by atoms with van der Waals surface area (Å²) < 4.78 is 0. The fraction of sp³-hybridized carbons (Fsp3) is 0.526. The number of aliphatic hydroxyl groups is 3. The lowest BCUT2D eigenvalue weighted by Crippen LogP contribution is -2.61. The highest BCUT2D eigenvalue weighted by molar-refractivity contribution is 5.97. The van der Waals surface area contributed by atoms with Gasteiger partial charge < -0.3 is 84.5 Å². The number of amides is 7. The van der Waals surface area contributed by atoms with Crippen LogP contribution in [0.3, 0.4) is 0 Å². The van der Waals surface area contributed by atoms with Crippen LogP contribution in [-0.4, -0.2) is 175 Å². The minimum Gasteiger partial charge on any atom is -0.508 e. The monoisotopic (exact) mass is 903 g/mol. The molecule has 3 rings (SSSR count). The molecule has 0 unspecified atom stereocenters. The van der Waals surface area contributed by atoms with E-state index in [1.807, 2.05) is 0 Å². The van der Waals surface area contributed by atoms with Gasteiger partial charge in [0.1, 0.15) is 48.0 Å². The molecule has 64 heavy (non-hydrogen) atoms. The van der Waals surface area contributed by atoms with Crippen LogP contribution in [0.4, 0.5) is 0 Å². The van der Waals surface area contributed by atoms with Crippen molar-refractivity contribution in [2.75, 3.05) is 32.9 Å². The molecule has 1 fully saturated rings. The number of benzene rings is 1. The Morgan fingerprint density at radius 3 is 1.95 bits per heavy atom. The van der Waals surface area contributed by atoms with Gasteiger partial charge in [-0.1, -0.05) is 12.1 Å². The van der Waals surface area contributed by atoms with E-state index in [0.717, 1.165) is 0 Å². The summed E-state index contributed by atoms with van der Waals surface area (Å²) in [7, 11) is 0. The molecule has 7 amide bonds. The molecule has 0 saturated carbocycles. The van der Waals surface area contributed by atoms with Crippen LogP contribution >= 0.6 is 0 Å². The molecule has 2 heterocycles. The summed E-state index contributed by atoms with van der Waals surface area (Å²) in [6.45, 7) is -1.46. The number of carbonyl (C=O) groups is 8. The SMILES string of the molecule is C[C@H](NC(=O)[C@H](CO)NC(=O)[C@@H](N)Cc1ccc(O)cc1)C(=O)N[C@@H](CO)C(=O)N[C@@H](Cc1cnc[nH]1)C(=O)N[C@@H](CCCN=C(N)N)C(=O)N1CCC[C@H]1C(=O)N[C@@H](CO)C(=O)O. The molecule has 0 radical (unpaired) electrons. The van der Waals surface area contributed by atoms with Crippen molar-refractivity contribution < 1.29 is 63.9 Å². The minimum atomic E-state index is -1.70. The lowest BCUT2D eigenvalue weighted by atomic mass is 10.1. The summed E-state index contributed by atoms with van der Waals surface area (Å²) in [5, 5.41) is 62.2. The van der Waals surface area contributed by atoms with Gasteiger partial charge in [-0.3, -0.25) is 38.6 Å². The van der Waals surface area contributed by atoms with Gasteiger partial charge >= 0.3 is 5.97 Å². The Morgan fingerprint density at radius 1 is 0.797 bits per heavy atom. The number of aliphatic carboxylic acids is 1. The first kappa shape index (κ1) is 51.5. The largest absolute Gasteiger partial charge is 0.508 e. The number of nitrogens with one attached hydrogen (secondary N) is 7. The van der Waals surface area contributed by atoms with E-state index in [9.17, 15) is 63.9 Å². The maximum Gasteiger partial charge on any atom is 0.328 e. The number of rotatable bonds is 25. The molecule has 2 aromatic rings. The van der Waals surface area contributed by atoms with Gasteiger partial charge in [-0.2, -0.15) is 0 Å². The van der Waals surface area contributed by atoms with E-state index in [-0.39, 0.29) is 56.9 Å². The van der Waals surface area contributed by atoms with Crippen molar-refractivity contribution in [1.29, 1.82) is 0 Å². The van der Waals surface area contributed by atoms with Crippen molar-refractivity contribution in [2.45, 2.75) is 93.8 Å². The molecular formula is C38H57N13O13. The van der Waals surface area contributed by atoms with Gasteiger partial charge in [-0.05, 0) is 56.7 Å². The summed E-state index contributed by atoms with van der Waals surface area (Å²) in [5.74, 6) is -8.05. The first-order valence-corrected chi connectivity index (χ1v) is 20.1. The van der Waals surface area contributed by atoms with Gasteiger partial charge in [-0.15, -0.1) is 0 Å². The zero-order chi connectivity index (χ0) is 47.5. The highest BCUT2D eigenvalue weighted by atomic mass is 16.4. The van der Waals surface area contributed by atoms with Crippen LogP contribution in [0.5, 0.6) is 5.75 Å². The molecule has 18 N–H and O–H groups in total. The van der Waals surface area contributed by atoms with Crippen molar-refractivity contribution in [3.8, 4) is 5.75 Å². The zero-order valence-corrected chi connectivity index (χ0v) is 34.9.